The summed E-state index contributed by atoms with van der Waals surface area (Å²) in [7, 11) is 1.83. The van der Waals surface area contributed by atoms with Crippen LogP contribution in [0.4, 0.5) is 0 Å². The Kier molecular flexibility index (Phi) is 3.53. The number of aliphatic hydroxyl groups excluding tert-OH is 2. The lowest BCUT2D eigenvalue weighted by Gasteiger charge is -2.46. The molecule has 1 heterocycles. The number of hydrogen-bond acceptors (Lipinski definition) is 4. The highest BCUT2D eigenvalue weighted by Crippen LogP contribution is 2.33. The molecule has 0 radical (unpaired) electrons. The molecular weight excluding hydrogens is 182 g/mol. The quantitative estimate of drug-likeness (QED) is 0.675. The molecule has 14 heavy (non-hydrogen) atoms. The van der Waals surface area contributed by atoms with Gasteiger partial charge in [0.05, 0.1) is 12.7 Å². The van der Waals surface area contributed by atoms with Gasteiger partial charge in [0.25, 0.3) is 0 Å². The fourth-order valence-corrected chi connectivity index (χ4v) is 1.93. The predicted octanol–water partition coefficient (Wildman–Crippen LogP) is 0.247. The molecule has 1 aliphatic heterocycles. The van der Waals surface area contributed by atoms with Crippen LogP contribution < -0.4 is 0 Å². The van der Waals surface area contributed by atoms with Crippen molar-refractivity contribution < 1.29 is 15.1 Å². The summed E-state index contributed by atoms with van der Waals surface area (Å²) in [5, 5.41) is 21.1. The summed E-state index contributed by atoms with van der Waals surface area (Å²) in [6, 6.07) is 0. The summed E-state index contributed by atoms with van der Waals surface area (Å²) in [6.45, 7) is 6.42. The number of aliphatic hydroxyl groups is 2. The first kappa shape index (κ1) is 11.9. The Hall–Kier alpha value is -0.160. The maximum absolute atomic E-state index is 10.1. The van der Waals surface area contributed by atoms with Crippen molar-refractivity contribution in [3.8, 4) is 0 Å². The Morgan fingerprint density at radius 3 is 2.57 bits per heavy atom. The molecule has 4 nitrogen and oxygen atoms in total. The Bertz CT molecular complexity index is 198. The molecule has 0 aromatic carbocycles. The Labute approximate surface area is 85.4 Å². The molecule has 0 spiro atoms. The molecule has 0 saturated carbocycles. The average Bonchev–Trinajstić information content (AvgIpc) is 2.11. The lowest BCUT2D eigenvalue weighted by Crippen LogP contribution is -2.58. The van der Waals surface area contributed by atoms with Crippen LogP contribution in [0.3, 0.4) is 0 Å². The van der Waals surface area contributed by atoms with Crippen molar-refractivity contribution in [1.29, 1.82) is 0 Å². The number of hydroxylamine groups is 2. The van der Waals surface area contributed by atoms with Crippen LogP contribution in [0.2, 0.25) is 0 Å². The van der Waals surface area contributed by atoms with E-state index in [9.17, 15) is 10.2 Å². The van der Waals surface area contributed by atoms with E-state index in [0.29, 0.717) is 6.54 Å². The van der Waals surface area contributed by atoms with Gasteiger partial charge in [-0.05, 0) is 5.92 Å². The molecule has 3 atom stereocenters. The second-order valence-electron chi connectivity index (χ2n) is 4.86. The fraction of sp³-hybridized carbons (Fsp3) is 1.00. The van der Waals surface area contributed by atoms with Gasteiger partial charge in [-0.25, -0.2) is 0 Å². The number of nitrogens with zero attached hydrogens (tertiary/aromatic N) is 1. The first-order valence-corrected chi connectivity index (χ1v) is 5.07. The molecule has 4 heteroatoms. The molecule has 0 aromatic rings. The third-order valence-corrected chi connectivity index (χ3v) is 2.93. The highest BCUT2D eigenvalue weighted by molar-refractivity contribution is 4.92. The Morgan fingerprint density at radius 2 is 2.14 bits per heavy atom. The smallest absolute Gasteiger partial charge is 0.108 e. The van der Waals surface area contributed by atoms with Gasteiger partial charge in [-0.2, -0.15) is 5.06 Å². The van der Waals surface area contributed by atoms with E-state index in [-0.39, 0.29) is 18.6 Å². The van der Waals surface area contributed by atoms with E-state index in [2.05, 4.69) is 0 Å². The molecule has 1 fully saturated rings. The van der Waals surface area contributed by atoms with E-state index < -0.39 is 11.5 Å². The van der Waals surface area contributed by atoms with Crippen LogP contribution in [0.15, 0.2) is 0 Å². The fourth-order valence-electron chi connectivity index (χ4n) is 1.93. The molecular formula is C10H21NO3. The third kappa shape index (κ3) is 2.08. The topological polar surface area (TPSA) is 52.9 Å². The number of hydrogen-bond donors (Lipinski definition) is 2. The summed E-state index contributed by atoms with van der Waals surface area (Å²) in [5.74, 6) is 0.235. The van der Waals surface area contributed by atoms with E-state index in [4.69, 9.17) is 4.84 Å². The zero-order valence-corrected chi connectivity index (χ0v) is 9.40. The molecule has 0 bridgehead atoms. The van der Waals surface area contributed by atoms with Gasteiger partial charge in [-0.15, -0.1) is 0 Å². The summed E-state index contributed by atoms with van der Waals surface area (Å²) in [6.07, 6.45) is -0.838. The number of rotatable bonds is 2. The molecule has 2 N–H and O–H groups in total. The zero-order chi connectivity index (χ0) is 10.9. The van der Waals surface area contributed by atoms with Crippen LogP contribution in [0.5, 0.6) is 0 Å². The normalized spacial score (nSPS) is 40.5. The monoisotopic (exact) mass is 203 g/mol. The van der Waals surface area contributed by atoms with Crippen molar-refractivity contribution in [2.24, 2.45) is 11.3 Å². The van der Waals surface area contributed by atoms with Crippen LogP contribution >= 0.6 is 0 Å². The van der Waals surface area contributed by atoms with Gasteiger partial charge in [0.1, 0.15) is 6.10 Å². The second kappa shape index (κ2) is 4.14. The van der Waals surface area contributed by atoms with E-state index in [1.54, 1.807) is 5.06 Å². The molecule has 0 amide bonds. The SMILES string of the molecule is CC(C)C1ON(C)C[C@@](C)(CO)C1O. The van der Waals surface area contributed by atoms with Crippen molar-refractivity contribution in [3.63, 3.8) is 0 Å². The highest BCUT2D eigenvalue weighted by Gasteiger charge is 2.45. The third-order valence-electron chi connectivity index (χ3n) is 2.93. The van der Waals surface area contributed by atoms with Gasteiger partial charge in [-0.3, -0.25) is 4.84 Å². The zero-order valence-electron chi connectivity index (χ0n) is 9.40. The maximum Gasteiger partial charge on any atom is 0.108 e. The van der Waals surface area contributed by atoms with E-state index >= 15 is 0 Å². The summed E-state index contributed by atoms with van der Waals surface area (Å²) >= 11 is 0. The van der Waals surface area contributed by atoms with Gasteiger partial charge < -0.3 is 10.2 Å². The first-order chi connectivity index (χ1) is 6.40. The maximum atomic E-state index is 10.1. The van der Waals surface area contributed by atoms with E-state index in [1.165, 1.54) is 0 Å². The van der Waals surface area contributed by atoms with Crippen molar-refractivity contribution in [1.82, 2.24) is 5.06 Å². The van der Waals surface area contributed by atoms with Crippen LogP contribution in [-0.4, -0.2) is 47.7 Å². The predicted molar refractivity (Wildman–Crippen MR) is 53.5 cm³/mol. The molecule has 0 aliphatic carbocycles. The van der Waals surface area contributed by atoms with Crippen LogP contribution in [0.1, 0.15) is 20.8 Å². The molecule has 84 valence electrons. The largest absolute Gasteiger partial charge is 0.396 e. The van der Waals surface area contributed by atoms with E-state index in [0.717, 1.165) is 0 Å². The summed E-state index contributed by atoms with van der Waals surface area (Å²) in [5.41, 5.74) is -0.484. The summed E-state index contributed by atoms with van der Waals surface area (Å²) in [4.78, 5) is 5.53. The minimum absolute atomic E-state index is 0.0227. The highest BCUT2D eigenvalue weighted by atomic mass is 16.7. The van der Waals surface area contributed by atoms with Crippen molar-refractivity contribution >= 4 is 0 Å². The lowest BCUT2D eigenvalue weighted by molar-refractivity contribution is -0.294. The van der Waals surface area contributed by atoms with Gasteiger partial charge in [0.15, 0.2) is 0 Å². The van der Waals surface area contributed by atoms with Gasteiger partial charge in [-0.1, -0.05) is 20.8 Å². The van der Waals surface area contributed by atoms with Crippen molar-refractivity contribution in [3.05, 3.63) is 0 Å². The first-order valence-electron chi connectivity index (χ1n) is 5.07. The van der Waals surface area contributed by atoms with Crippen molar-refractivity contribution in [2.45, 2.75) is 33.0 Å². The Morgan fingerprint density at radius 1 is 1.57 bits per heavy atom. The van der Waals surface area contributed by atoms with Crippen LogP contribution in [0, 0.1) is 11.3 Å². The minimum atomic E-state index is -0.608. The standard InChI is InChI=1S/C10H21NO3/c1-7(2)8-9(13)10(3,6-12)5-11(4)14-8/h7-9,12-13H,5-6H2,1-4H3/t8?,9?,10-/m0/s1. The molecule has 1 rings (SSSR count). The molecule has 1 aliphatic rings. The molecule has 2 unspecified atom stereocenters. The van der Waals surface area contributed by atoms with Gasteiger partial charge >= 0.3 is 0 Å². The van der Waals surface area contributed by atoms with Gasteiger partial charge in [0.2, 0.25) is 0 Å². The average molecular weight is 203 g/mol. The molecule has 0 aromatic heterocycles. The minimum Gasteiger partial charge on any atom is -0.396 e. The molecule has 1 saturated heterocycles. The summed E-state index contributed by atoms with van der Waals surface area (Å²) < 4.78 is 0. The van der Waals surface area contributed by atoms with Crippen LogP contribution in [-0.2, 0) is 4.84 Å². The van der Waals surface area contributed by atoms with Gasteiger partial charge in [0, 0.05) is 19.0 Å². The van der Waals surface area contributed by atoms with Crippen molar-refractivity contribution in [2.75, 3.05) is 20.2 Å². The lowest BCUT2D eigenvalue weighted by atomic mass is 9.78. The second-order valence-corrected chi connectivity index (χ2v) is 4.86. The Balaban J connectivity index is 2.81. The van der Waals surface area contributed by atoms with Crippen LogP contribution in [0.25, 0.3) is 0 Å². The van der Waals surface area contributed by atoms with E-state index in [1.807, 2.05) is 27.8 Å².